The van der Waals surface area contributed by atoms with Crippen LogP contribution < -0.4 is 16.4 Å². The highest BCUT2D eigenvalue weighted by atomic mass is 35.5. The number of carbonyl (C=O) groups is 1. The van der Waals surface area contributed by atoms with Gasteiger partial charge in [-0.3, -0.25) is 9.69 Å². The van der Waals surface area contributed by atoms with Gasteiger partial charge in [0.2, 0.25) is 5.91 Å². The smallest absolute Gasteiger partial charge is 0.248 e. The summed E-state index contributed by atoms with van der Waals surface area (Å²) in [7, 11) is 3.93. The Morgan fingerprint density at radius 2 is 1.78 bits per heavy atom. The number of rotatable bonds is 11. The fourth-order valence-corrected chi connectivity index (χ4v) is 4.99. The zero-order valence-electron chi connectivity index (χ0n) is 21.6. The summed E-state index contributed by atoms with van der Waals surface area (Å²) < 4.78 is 0. The number of halogens is 2. The molecule has 0 saturated carbocycles. The average Bonchev–Trinajstić information content (AvgIpc) is 2.85. The molecule has 198 valence electrons. The Labute approximate surface area is 230 Å². The normalized spacial score (nSPS) is 15.3. The van der Waals surface area contributed by atoms with Crippen LogP contribution in [0.1, 0.15) is 30.4 Å². The van der Waals surface area contributed by atoms with Gasteiger partial charge in [0.25, 0.3) is 0 Å². The van der Waals surface area contributed by atoms with E-state index in [1.807, 2.05) is 43.3 Å². The first kappa shape index (κ1) is 28.8. The lowest BCUT2D eigenvalue weighted by Gasteiger charge is -2.32. The molecule has 0 aliphatic carbocycles. The van der Waals surface area contributed by atoms with Crippen LogP contribution >= 0.6 is 23.2 Å². The molecule has 0 radical (unpaired) electrons. The van der Waals surface area contributed by atoms with Crippen LogP contribution in [0.4, 0.5) is 5.69 Å². The largest absolute Gasteiger partial charge is 0.403 e. The molecule has 8 heteroatoms. The number of nitrogens with one attached hydrogen (secondary N) is 2. The highest BCUT2D eigenvalue weighted by Crippen LogP contribution is 2.31. The number of nitrogens with zero attached hydrogens (tertiary/aromatic N) is 2. The zero-order valence-corrected chi connectivity index (χ0v) is 23.2. The third-order valence-electron chi connectivity index (χ3n) is 6.36. The zero-order chi connectivity index (χ0) is 26.8. The molecule has 6 nitrogen and oxygen atoms in total. The van der Waals surface area contributed by atoms with E-state index in [9.17, 15) is 4.79 Å². The van der Waals surface area contributed by atoms with Gasteiger partial charge in [-0.1, -0.05) is 54.1 Å². The SMILES string of the molecule is C=C(N/C(=C/N)CC1CCN(Cc2ccc(NC(=O)/C=C/CN(C)C)cc2)CC1)c1c(Cl)cccc1Cl. The molecule has 2 aromatic carbocycles. The summed E-state index contributed by atoms with van der Waals surface area (Å²) in [6.45, 7) is 7.78. The number of likely N-dealkylation sites (N-methyl/N-ethyl adjacent to an activating group) is 1. The van der Waals surface area contributed by atoms with Gasteiger partial charge in [-0.15, -0.1) is 0 Å². The van der Waals surface area contributed by atoms with Crippen LogP contribution in [0.15, 0.2) is 73.1 Å². The molecule has 0 bridgehead atoms. The second kappa shape index (κ2) is 14.2. The van der Waals surface area contributed by atoms with Crippen molar-refractivity contribution < 1.29 is 4.79 Å². The van der Waals surface area contributed by atoms with Crippen molar-refractivity contribution in [2.45, 2.75) is 25.8 Å². The van der Waals surface area contributed by atoms with E-state index in [0.29, 0.717) is 27.2 Å². The van der Waals surface area contributed by atoms with Crippen molar-refractivity contribution in [3.63, 3.8) is 0 Å². The van der Waals surface area contributed by atoms with Crippen LogP contribution in [0.5, 0.6) is 0 Å². The maximum atomic E-state index is 12.0. The van der Waals surface area contributed by atoms with Crippen molar-refractivity contribution in [3.8, 4) is 0 Å². The first-order chi connectivity index (χ1) is 17.7. The van der Waals surface area contributed by atoms with Gasteiger partial charge in [-0.05, 0) is 82.2 Å². The van der Waals surface area contributed by atoms with Gasteiger partial charge in [0.1, 0.15) is 0 Å². The van der Waals surface area contributed by atoms with E-state index in [0.717, 1.165) is 56.8 Å². The number of benzene rings is 2. The van der Waals surface area contributed by atoms with Gasteiger partial charge >= 0.3 is 0 Å². The second-order valence-electron chi connectivity index (χ2n) is 9.67. The van der Waals surface area contributed by atoms with E-state index in [1.54, 1.807) is 24.4 Å². The third kappa shape index (κ3) is 9.24. The average molecular weight is 543 g/mol. The highest BCUT2D eigenvalue weighted by Gasteiger charge is 2.21. The van der Waals surface area contributed by atoms with E-state index in [1.165, 1.54) is 5.56 Å². The molecule has 3 rings (SSSR count). The maximum Gasteiger partial charge on any atom is 0.248 e. The molecule has 1 heterocycles. The van der Waals surface area contributed by atoms with Gasteiger partial charge in [0.05, 0.1) is 10.0 Å². The maximum absolute atomic E-state index is 12.0. The fraction of sp³-hybridized carbons (Fsp3) is 0.345. The summed E-state index contributed by atoms with van der Waals surface area (Å²) in [5.74, 6) is 0.418. The summed E-state index contributed by atoms with van der Waals surface area (Å²) >= 11 is 12.6. The van der Waals surface area contributed by atoms with Gasteiger partial charge in [-0.2, -0.15) is 0 Å². The first-order valence-corrected chi connectivity index (χ1v) is 13.3. The minimum absolute atomic E-state index is 0.115. The Kier molecular flexibility index (Phi) is 11.1. The van der Waals surface area contributed by atoms with E-state index in [2.05, 4.69) is 34.2 Å². The number of hydrogen-bond donors (Lipinski definition) is 3. The number of allylic oxidation sites excluding steroid dienone is 1. The molecule has 37 heavy (non-hydrogen) atoms. The number of nitrogens with two attached hydrogens (primary N) is 1. The summed E-state index contributed by atoms with van der Waals surface area (Å²) in [5, 5.41) is 7.34. The summed E-state index contributed by atoms with van der Waals surface area (Å²) in [5.41, 5.74) is 10.2. The molecule has 0 unspecified atom stereocenters. The van der Waals surface area contributed by atoms with Crippen molar-refractivity contribution in [3.05, 3.63) is 94.3 Å². The molecule has 1 saturated heterocycles. The standard InChI is InChI=1S/C29H37Cl2N5O/c1-21(29-26(30)6-4-7-27(29)31)33-25(19-32)18-22-13-16-36(17-14-22)20-23-9-11-24(12-10-23)34-28(37)8-5-15-35(2)3/h4-12,19,22,33H,1,13-18,20,32H2,2-3H3,(H,34,37)/b8-5+,25-19+. The van der Waals surface area contributed by atoms with Crippen LogP contribution in [0.25, 0.3) is 5.70 Å². The molecule has 1 aliphatic rings. The number of anilines is 1. The molecule has 2 aromatic rings. The van der Waals surface area contributed by atoms with Crippen molar-refractivity contribution in [1.82, 2.24) is 15.1 Å². The van der Waals surface area contributed by atoms with E-state index < -0.39 is 0 Å². The van der Waals surface area contributed by atoms with E-state index in [-0.39, 0.29) is 5.91 Å². The predicted octanol–water partition coefficient (Wildman–Crippen LogP) is 5.71. The van der Waals surface area contributed by atoms with Crippen molar-refractivity contribution in [2.24, 2.45) is 11.7 Å². The fourth-order valence-electron chi connectivity index (χ4n) is 4.37. The summed E-state index contributed by atoms with van der Waals surface area (Å²) in [6, 6.07) is 13.5. The van der Waals surface area contributed by atoms with Gasteiger partial charge < -0.3 is 21.3 Å². The lowest BCUT2D eigenvalue weighted by molar-refractivity contribution is -0.111. The number of hydrogen-bond acceptors (Lipinski definition) is 5. The van der Waals surface area contributed by atoms with Crippen molar-refractivity contribution in [2.75, 3.05) is 39.0 Å². The summed E-state index contributed by atoms with van der Waals surface area (Å²) in [4.78, 5) is 16.5. The van der Waals surface area contributed by atoms with Gasteiger partial charge in [0, 0.05) is 48.0 Å². The lowest BCUT2D eigenvalue weighted by atomic mass is 9.92. The molecule has 0 aromatic heterocycles. The van der Waals surface area contributed by atoms with E-state index >= 15 is 0 Å². The van der Waals surface area contributed by atoms with Gasteiger partial charge in [0.15, 0.2) is 0 Å². The van der Waals surface area contributed by atoms with Crippen LogP contribution in [0, 0.1) is 5.92 Å². The lowest BCUT2D eigenvalue weighted by Crippen LogP contribution is -2.34. The Morgan fingerprint density at radius 1 is 1.14 bits per heavy atom. The highest BCUT2D eigenvalue weighted by molar-refractivity contribution is 6.37. The molecular formula is C29H37Cl2N5O. The molecule has 0 atom stereocenters. The minimum atomic E-state index is -0.115. The number of piperidine rings is 1. The van der Waals surface area contributed by atoms with E-state index in [4.69, 9.17) is 28.9 Å². The Morgan fingerprint density at radius 3 is 2.38 bits per heavy atom. The number of carbonyl (C=O) groups excluding carboxylic acids is 1. The van der Waals surface area contributed by atoms with Crippen LogP contribution in [0.3, 0.4) is 0 Å². The quantitative estimate of drug-likeness (QED) is 0.317. The molecule has 1 fully saturated rings. The molecule has 1 amide bonds. The van der Waals surface area contributed by atoms with Crippen molar-refractivity contribution >= 4 is 40.5 Å². The van der Waals surface area contributed by atoms with Crippen LogP contribution in [-0.2, 0) is 11.3 Å². The minimum Gasteiger partial charge on any atom is -0.403 e. The number of amides is 1. The molecular weight excluding hydrogens is 505 g/mol. The first-order valence-electron chi connectivity index (χ1n) is 12.5. The van der Waals surface area contributed by atoms with Crippen LogP contribution in [-0.4, -0.2) is 49.4 Å². The molecule has 4 N–H and O–H groups in total. The topological polar surface area (TPSA) is 73.6 Å². The summed E-state index contributed by atoms with van der Waals surface area (Å²) in [6.07, 6.45) is 8.06. The number of likely N-dealkylation sites (tertiary alicyclic amines) is 1. The monoisotopic (exact) mass is 541 g/mol. The Balaban J connectivity index is 1.43. The predicted molar refractivity (Wildman–Crippen MR) is 156 cm³/mol. The second-order valence-corrected chi connectivity index (χ2v) is 10.5. The molecule has 0 spiro atoms. The Hall–Kier alpha value is -2.77. The Bertz CT molecular complexity index is 1100. The molecule has 1 aliphatic heterocycles. The third-order valence-corrected chi connectivity index (χ3v) is 6.99. The van der Waals surface area contributed by atoms with Crippen LogP contribution in [0.2, 0.25) is 10.0 Å². The van der Waals surface area contributed by atoms with Gasteiger partial charge in [-0.25, -0.2) is 0 Å². The van der Waals surface area contributed by atoms with Crippen molar-refractivity contribution in [1.29, 1.82) is 0 Å².